The maximum Gasteiger partial charge on any atom is 0.251 e. The molecule has 0 bridgehead atoms. The highest BCUT2D eigenvalue weighted by Gasteiger charge is 2.12. The van der Waals surface area contributed by atoms with Gasteiger partial charge in [-0.1, -0.05) is 12.1 Å². The Morgan fingerprint density at radius 1 is 0.920 bits per heavy atom. The average Bonchev–Trinajstić information content (AvgIpc) is 2.61. The Hall–Kier alpha value is -3.59. The van der Waals surface area contributed by atoms with E-state index in [1.165, 1.54) is 48.8 Å². The number of nitrogens with zero attached hydrogens (tertiary/aromatic N) is 2. The van der Waals surface area contributed by atoms with Crippen molar-refractivity contribution in [3.8, 4) is 23.0 Å². The monoisotopic (exact) mass is 335 g/mol. The van der Waals surface area contributed by atoms with Crippen LogP contribution in [0.1, 0.15) is 21.7 Å². The number of carbonyl (C=O) groups is 1. The molecule has 0 aliphatic heterocycles. The summed E-state index contributed by atoms with van der Waals surface area (Å²) in [5.41, 5.74) is 6.35. The Bertz CT molecular complexity index is 1010. The zero-order valence-electron chi connectivity index (χ0n) is 12.8. The van der Waals surface area contributed by atoms with Crippen molar-refractivity contribution in [2.45, 2.75) is 0 Å². The lowest BCUT2D eigenvalue weighted by Crippen LogP contribution is -2.13. The van der Waals surface area contributed by atoms with Gasteiger partial charge in [-0.3, -0.25) is 4.79 Å². The fraction of sp³-hybridized carbons (Fsp3) is 0. The molecule has 0 spiro atoms. The minimum absolute atomic E-state index is 0.145. The molecule has 0 unspecified atom stereocenters. The number of rotatable bonds is 2. The van der Waals surface area contributed by atoms with Crippen LogP contribution in [0.4, 0.5) is 8.78 Å². The second-order valence-electron chi connectivity index (χ2n) is 5.04. The summed E-state index contributed by atoms with van der Waals surface area (Å²) >= 11 is 0. The van der Waals surface area contributed by atoms with E-state index in [1.807, 2.05) is 0 Å². The van der Waals surface area contributed by atoms with Gasteiger partial charge in [0.15, 0.2) is 0 Å². The fourth-order valence-electron chi connectivity index (χ4n) is 2.25. The molecule has 1 amide bonds. The van der Waals surface area contributed by atoms with Crippen molar-refractivity contribution in [3.05, 3.63) is 83.4 Å². The third kappa shape index (κ3) is 3.51. The smallest absolute Gasteiger partial charge is 0.251 e. The van der Waals surface area contributed by atoms with Crippen LogP contribution in [0.2, 0.25) is 0 Å². The Kier molecular flexibility index (Phi) is 4.48. The molecule has 2 N–H and O–H groups in total. The van der Waals surface area contributed by atoms with E-state index in [0.717, 1.165) is 0 Å². The van der Waals surface area contributed by atoms with Crippen LogP contribution in [0.3, 0.4) is 0 Å². The molecule has 0 aliphatic rings. The molecule has 0 fully saturated rings. The molecule has 3 rings (SSSR count). The number of benzene rings is 1. The Morgan fingerprint density at radius 3 is 2.32 bits per heavy atom. The lowest BCUT2D eigenvalue weighted by Gasteiger charge is -2.05. The minimum atomic E-state index is -0.664. The third-order valence-electron chi connectivity index (χ3n) is 3.41. The first-order valence-corrected chi connectivity index (χ1v) is 7.23. The molecule has 122 valence electrons. The minimum Gasteiger partial charge on any atom is -0.366 e. The Labute approximate surface area is 142 Å². The predicted molar refractivity (Wildman–Crippen MR) is 88.3 cm³/mol. The molecule has 0 saturated heterocycles. The molecule has 0 saturated carbocycles. The molecule has 0 aliphatic carbocycles. The second kappa shape index (κ2) is 6.89. The van der Waals surface area contributed by atoms with E-state index in [1.54, 1.807) is 6.07 Å². The summed E-state index contributed by atoms with van der Waals surface area (Å²) in [7, 11) is 0. The Balaban J connectivity index is 2.11. The van der Waals surface area contributed by atoms with Gasteiger partial charge in [-0.2, -0.15) is 0 Å². The molecule has 2 aromatic heterocycles. The highest BCUT2D eigenvalue weighted by atomic mass is 19.1. The number of hydrogen-bond acceptors (Lipinski definition) is 3. The summed E-state index contributed by atoms with van der Waals surface area (Å²) < 4.78 is 27.4. The number of primary amides is 1. The van der Waals surface area contributed by atoms with Gasteiger partial charge in [0.05, 0.1) is 11.1 Å². The molecule has 4 nitrogen and oxygen atoms in total. The number of halogens is 2. The molecule has 0 atom stereocenters. The zero-order valence-corrected chi connectivity index (χ0v) is 12.8. The predicted octanol–water partition coefficient (Wildman–Crippen LogP) is 2.92. The molecule has 2 heterocycles. The highest BCUT2D eigenvalue weighted by molar-refractivity contribution is 5.94. The van der Waals surface area contributed by atoms with Gasteiger partial charge in [-0.25, -0.2) is 18.7 Å². The van der Waals surface area contributed by atoms with Crippen LogP contribution in [-0.4, -0.2) is 15.9 Å². The quantitative estimate of drug-likeness (QED) is 0.732. The first-order valence-electron chi connectivity index (χ1n) is 7.23. The summed E-state index contributed by atoms with van der Waals surface area (Å²) in [6.45, 7) is 0. The SMILES string of the molecule is NC(=O)c1cccnc1C#Cc1nccc(F)c1-c1ccc(F)cc1. The van der Waals surface area contributed by atoms with E-state index in [2.05, 4.69) is 21.8 Å². The standard InChI is InChI=1S/C19H11F2N3O/c20-13-5-3-12(4-6-13)18-15(21)9-11-24-17(18)8-7-16-14(19(22)25)2-1-10-23-16/h1-6,9-11H,(H2,22,25). The summed E-state index contributed by atoms with van der Waals surface area (Å²) in [6, 6.07) is 9.59. The normalized spacial score (nSPS) is 10.0. The van der Waals surface area contributed by atoms with Gasteiger partial charge < -0.3 is 5.73 Å². The number of nitrogens with two attached hydrogens (primary N) is 1. The van der Waals surface area contributed by atoms with Crippen molar-refractivity contribution in [2.75, 3.05) is 0 Å². The maximum atomic E-state index is 14.3. The van der Waals surface area contributed by atoms with Crippen LogP contribution in [0, 0.1) is 23.5 Å². The van der Waals surface area contributed by atoms with Gasteiger partial charge in [0.2, 0.25) is 0 Å². The van der Waals surface area contributed by atoms with Crippen LogP contribution < -0.4 is 5.73 Å². The van der Waals surface area contributed by atoms with Gasteiger partial charge in [-0.15, -0.1) is 0 Å². The largest absolute Gasteiger partial charge is 0.366 e. The number of pyridine rings is 2. The van der Waals surface area contributed by atoms with Gasteiger partial charge in [0, 0.05) is 12.4 Å². The van der Waals surface area contributed by atoms with E-state index >= 15 is 0 Å². The fourth-order valence-corrected chi connectivity index (χ4v) is 2.25. The number of carbonyl (C=O) groups excluding carboxylic acids is 1. The number of hydrogen-bond donors (Lipinski definition) is 1. The Morgan fingerprint density at radius 2 is 1.60 bits per heavy atom. The first kappa shape index (κ1) is 16.3. The summed E-state index contributed by atoms with van der Waals surface area (Å²) in [5.74, 6) is 3.77. The second-order valence-corrected chi connectivity index (χ2v) is 5.04. The van der Waals surface area contributed by atoms with Crippen LogP contribution >= 0.6 is 0 Å². The lowest BCUT2D eigenvalue weighted by atomic mass is 10.0. The van der Waals surface area contributed by atoms with Crippen LogP contribution in [0.25, 0.3) is 11.1 Å². The van der Waals surface area contributed by atoms with E-state index in [0.29, 0.717) is 5.56 Å². The van der Waals surface area contributed by atoms with E-state index in [9.17, 15) is 13.6 Å². The molecule has 3 aromatic rings. The summed E-state index contributed by atoms with van der Waals surface area (Å²) in [5, 5.41) is 0. The molecular formula is C19H11F2N3O. The lowest BCUT2D eigenvalue weighted by molar-refractivity contribution is 0.0999. The summed E-state index contributed by atoms with van der Waals surface area (Å²) in [6.07, 6.45) is 2.75. The number of amides is 1. The van der Waals surface area contributed by atoms with Crippen molar-refractivity contribution in [2.24, 2.45) is 5.73 Å². The van der Waals surface area contributed by atoms with Crippen molar-refractivity contribution in [1.82, 2.24) is 9.97 Å². The van der Waals surface area contributed by atoms with Crippen LogP contribution in [-0.2, 0) is 0 Å². The van der Waals surface area contributed by atoms with E-state index in [-0.39, 0.29) is 22.5 Å². The zero-order chi connectivity index (χ0) is 17.8. The third-order valence-corrected chi connectivity index (χ3v) is 3.41. The van der Waals surface area contributed by atoms with Crippen molar-refractivity contribution >= 4 is 5.91 Å². The summed E-state index contributed by atoms with van der Waals surface area (Å²) in [4.78, 5) is 19.5. The van der Waals surface area contributed by atoms with Gasteiger partial charge in [-0.05, 0) is 47.7 Å². The first-order chi connectivity index (χ1) is 12.1. The van der Waals surface area contributed by atoms with E-state index in [4.69, 9.17) is 5.73 Å². The van der Waals surface area contributed by atoms with Gasteiger partial charge in [0.1, 0.15) is 23.0 Å². The van der Waals surface area contributed by atoms with Gasteiger partial charge in [0.25, 0.3) is 5.91 Å². The molecule has 25 heavy (non-hydrogen) atoms. The van der Waals surface area contributed by atoms with Gasteiger partial charge >= 0.3 is 0 Å². The van der Waals surface area contributed by atoms with Crippen molar-refractivity contribution in [1.29, 1.82) is 0 Å². The van der Waals surface area contributed by atoms with E-state index < -0.39 is 17.5 Å². The molecular weight excluding hydrogens is 324 g/mol. The number of aromatic nitrogens is 2. The van der Waals surface area contributed by atoms with Crippen LogP contribution in [0.15, 0.2) is 54.9 Å². The average molecular weight is 335 g/mol. The molecule has 0 radical (unpaired) electrons. The van der Waals surface area contributed by atoms with Crippen molar-refractivity contribution in [3.63, 3.8) is 0 Å². The maximum absolute atomic E-state index is 14.3. The topological polar surface area (TPSA) is 68.9 Å². The molecule has 6 heteroatoms. The highest BCUT2D eigenvalue weighted by Crippen LogP contribution is 2.25. The molecule has 1 aromatic carbocycles. The van der Waals surface area contributed by atoms with Crippen LogP contribution in [0.5, 0.6) is 0 Å². The van der Waals surface area contributed by atoms with Crippen molar-refractivity contribution < 1.29 is 13.6 Å².